The quantitative estimate of drug-likeness (QED) is 0.752. The Kier molecular flexibility index (Phi) is 5.96. The van der Waals surface area contributed by atoms with Crippen LogP contribution in [0.5, 0.6) is 0 Å². The molecule has 0 heterocycles. The number of hydrogen-bond donors (Lipinski definition) is 1. The van der Waals surface area contributed by atoms with Gasteiger partial charge in [0.25, 0.3) is 0 Å². The van der Waals surface area contributed by atoms with Gasteiger partial charge in [0.05, 0.1) is 7.11 Å². The van der Waals surface area contributed by atoms with Crippen molar-refractivity contribution in [3.63, 3.8) is 0 Å². The number of rotatable bonds is 5. The van der Waals surface area contributed by atoms with E-state index in [1.165, 1.54) is 20.0 Å². The van der Waals surface area contributed by atoms with E-state index in [1.54, 1.807) is 0 Å². The minimum Gasteiger partial charge on any atom is -0.468 e. The van der Waals surface area contributed by atoms with Crippen LogP contribution >= 0.6 is 0 Å². The molecule has 3 heteroatoms. The van der Waals surface area contributed by atoms with Gasteiger partial charge < -0.3 is 10.1 Å². The molecule has 3 nitrogen and oxygen atoms in total. The van der Waals surface area contributed by atoms with Crippen molar-refractivity contribution in [2.45, 2.75) is 65.0 Å². The van der Waals surface area contributed by atoms with Crippen LogP contribution in [0.25, 0.3) is 0 Å². The first-order valence-corrected chi connectivity index (χ1v) is 6.92. The summed E-state index contributed by atoms with van der Waals surface area (Å²) in [6, 6.07) is 0.258. The highest BCUT2D eigenvalue weighted by molar-refractivity contribution is 5.76. The normalized spacial score (nSPS) is 28.5. The maximum atomic E-state index is 11.9. The third-order valence-electron chi connectivity index (χ3n) is 3.98. The van der Waals surface area contributed by atoms with Crippen molar-refractivity contribution in [1.82, 2.24) is 5.32 Å². The fourth-order valence-electron chi connectivity index (χ4n) is 2.73. The molecule has 4 unspecified atom stereocenters. The van der Waals surface area contributed by atoms with E-state index in [9.17, 15) is 4.79 Å². The van der Waals surface area contributed by atoms with E-state index >= 15 is 0 Å². The monoisotopic (exact) mass is 241 g/mol. The second-order valence-corrected chi connectivity index (χ2v) is 5.51. The summed E-state index contributed by atoms with van der Waals surface area (Å²) in [6.07, 6.45) is 5.86. The van der Waals surface area contributed by atoms with Crippen LogP contribution in [0, 0.1) is 11.8 Å². The second-order valence-electron chi connectivity index (χ2n) is 5.51. The number of nitrogens with one attached hydrogen (secondary N) is 1. The third kappa shape index (κ3) is 4.30. The van der Waals surface area contributed by atoms with Crippen molar-refractivity contribution in [1.29, 1.82) is 0 Å². The summed E-state index contributed by atoms with van der Waals surface area (Å²) in [5.41, 5.74) is 0. The molecule has 17 heavy (non-hydrogen) atoms. The summed E-state index contributed by atoms with van der Waals surface area (Å²) in [5.74, 6) is 1.09. The van der Waals surface area contributed by atoms with Gasteiger partial charge in [0, 0.05) is 6.04 Å². The Balaban J connectivity index is 2.64. The molecule has 4 atom stereocenters. The zero-order valence-electron chi connectivity index (χ0n) is 11.7. The highest BCUT2D eigenvalue weighted by Crippen LogP contribution is 2.31. The van der Waals surface area contributed by atoms with E-state index in [4.69, 9.17) is 4.74 Å². The summed E-state index contributed by atoms with van der Waals surface area (Å²) >= 11 is 0. The number of carbonyl (C=O) groups excluding carboxylic acids is 1. The van der Waals surface area contributed by atoms with Gasteiger partial charge >= 0.3 is 5.97 Å². The molecule has 0 bridgehead atoms. The zero-order valence-corrected chi connectivity index (χ0v) is 11.7. The fourth-order valence-corrected chi connectivity index (χ4v) is 2.73. The molecule has 0 radical (unpaired) electrons. The van der Waals surface area contributed by atoms with Crippen LogP contribution < -0.4 is 5.32 Å². The lowest BCUT2D eigenvalue weighted by atomic mass is 9.78. The number of esters is 1. The summed E-state index contributed by atoms with van der Waals surface area (Å²) in [5, 5.41) is 3.43. The Morgan fingerprint density at radius 3 is 2.71 bits per heavy atom. The summed E-state index contributed by atoms with van der Waals surface area (Å²) in [4.78, 5) is 11.9. The maximum Gasteiger partial charge on any atom is 0.323 e. The molecule has 1 rings (SSSR count). The molecule has 1 fully saturated rings. The Morgan fingerprint density at radius 1 is 1.47 bits per heavy atom. The number of ether oxygens (including phenoxy) is 1. The van der Waals surface area contributed by atoms with Crippen LogP contribution in [-0.4, -0.2) is 25.2 Å². The van der Waals surface area contributed by atoms with E-state index in [-0.39, 0.29) is 12.0 Å². The molecule has 0 saturated heterocycles. The Bertz CT molecular complexity index is 242. The molecule has 0 aromatic carbocycles. The first-order valence-electron chi connectivity index (χ1n) is 6.92. The van der Waals surface area contributed by atoms with Crippen LogP contribution in [0.4, 0.5) is 0 Å². The first-order chi connectivity index (χ1) is 8.08. The molecular formula is C14H27NO2. The summed E-state index contributed by atoms with van der Waals surface area (Å²) in [7, 11) is 1.49. The minimum atomic E-state index is -0.113. The third-order valence-corrected chi connectivity index (χ3v) is 3.98. The van der Waals surface area contributed by atoms with Gasteiger partial charge in [-0.1, -0.05) is 26.7 Å². The predicted molar refractivity (Wildman–Crippen MR) is 69.8 cm³/mol. The van der Waals surface area contributed by atoms with Crippen molar-refractivity contribution < 1.29 is 9.53 Å². The van der Waals surface area contributed by atoms with E-state index < -0.39 is 0 Å². The van der Waals surface area contributed by atoms with Crippen LogP contribution in [-0.2, 0) is 9.53 Å². The first kappa shape index (κ1) is 14.5. The molecule has 0 amide bonds. The average molecular weight is 241 g/mol. The zero-order chi connectivity index (χ0) is 12.8. The number of hydrogen-bond acceptors (Lipinski definition) is 3. The van der Waals surface area contributed by atoms with E-state index in [0.29, 0.717) is 12.0 Å². The van der Waals surface area contributed by atoms with Gasteiger partial charge in [-0.05, 0) is 38.0 Å². The minimum absolute atomic E-state index is 0.0931. The van der Waals surface area contributed by atoms with Gasteiger partial charge in [-0.3, -0.25) is 4.79 Å². The van der Waals surface area contributed by atoms with Crippen LogP contribution in [0.2, 0.25) is 0 Å². The molecule has 0 aromatic rings. The topological polar surface area (TPSA) is 38.3 Å². The highest BCUT2D eigenvalue weighted by Gasteiger charge is 2.32. The molecule has 0 aromatic heterocycles. The average Bonchev–Trinajstić information content (AvgIpc) is 2.34. The molecule has 0 aliphatic heterocycles. The van der Waals surface area contributed by atoms with Gasteiger partial charge in [0.2, 0.25) is 0 Å². The van der Waals surface area contributed by atoms with Crippen molar-refractivity contribution in [2.24, 2.45) is 11.8 Å². The fraction of sp³-hybridized carbons (Fsp3) is 0.929. The van der Waals surface area contributed by atoms with Gasteiger partial charge in [-0.2, -0.15) is 0 Å². The summed E-state index contributed by atoms with van der Waals surface area (Å²) < 4.78 is 4.94. The molecule has 100 valence electrons. The van der Waals surface area contributed by atoms with Crippen molar-refractivity contribution in [2.75, 3.05) is 7.11 Å². The van der Waals surface area contributed by atoms with Gasteiger partial charge in [0.15, 0.2) is 0 Å². The molecule has 1 saturated carbocycles. The molecule has 1 aliphatic carbocycles. The SMILES string of the molecule is CCC(C)NC(C(=O)OC)C1CCCC(C)C1. The van der Waals surface area contributed by atoms with Crippen molar-refractivity contribution >= 4 is 5.97 Å². The van der Waals surface area contributed by atoms with E-state index in [2.05, 4.69) is 26.1 Å². The lowest BCUT2D eigenvalue weighted by Crippen LogP contribution is -2.48. The molecule has 1 N–H and O–H groups in total. The van der Waals surface area contributed by atoms with Crippen LogP contribution in [0.15, 0.2) is 0 Å². The molecular weight excluding hydrogens is 214 g/mol. The maximum absolute atomic E-state index is 11.9. The standard InChI is InChI=1S/C14H27NO2/c1-5-11(3)15-13(14(16)17-4)12-8-6-7-10(2)9-12/h10-13,15H,5-9H2,1-4H3. The smallest absolute Gasteiger partial charge is 0.323 e. The number of methoxy groups -OCH3 is 1. The van der Waals surface area contributed by atoms with Crippen LogP contribution in [0.1, 0.15) is 52.9 Å². The van der Waals surface area contributed by atoms with E-state index in [1.807, 2.05) is 0 Å². The predicted octanol–water partition coefficient (Wildman–Crippen LogP) is 2.74. The Morgan fingerprint density at radius 2 is 2.18 bits per heavy atom. The Labute approximate surface area is 105 Å². The van der Waals surface area contributed by atoms with Gasteiger partial charge in [-0.25, -0.2) is 0 Å². The molecule has 1 aliphatic rings. The van der Waals surface area contributed by atoms with Gasteiger partial charge in [0.1, 0.15) is 6.04 Å². The largest absolute Gasteiger partial charge is 0.468 e. The van der Waals surface area contributed by atoms with Gasteiger partial charge in [-0.15, -0.1) is 0 Å². The van der Waals surface area contributed by atoms with E-state index in [0.717, 1.165) is 25.2 Å². The highest BCUT2D eigenvalue weighted by atomic mass is 16.5. The van der Waals surface area contributed by atoms with Crippen molar-refractivity contribution in [3.05, 3.63) is 0 Å². The van der Waals surface area contributed by atoms with Crippen LogP contribution in [0.3, 0.4) is 0 Å². The number of carbonyl (C=O) groups is 1. The Hall–Kier alpha value is -0.570. The molecule has 0 spiro atoms. The second kappa shape index (κ2) is 7.00. The summed E-state index contributed by atoms with van der Waals surface area (Å²) in [6.45, 7) is 6.54. The lowest BCUT2D eigenvalue weighted by molar-refractivity contribution is -0.145. The lowest BCUT2D eigenvalue weighted by Gasteiger charge is -2.33. The van der Waals surface area contributed by atoms with Crippen molar-refractivity contribution in [3.8, 4) is 0 Å².